The monoisotopic (exact) mass is 251 g/mol. The van der Waals surface area contributed by atoms with Gasteiger partial charge in [-0.15, -0.1) is 0 Å². The normalized spacial score (nSPS) is 10.4. The third-order valence-corrected chi connectivity index (χ3v) is 2.29. The molecule has 1 rings (SSSR count). The summed E-state index contributed by atoms with van der Waals surface area (Å²) in [5.74, 6) is 1.17. The van der Waals surface area contributed by atoms with E-state index >= 15 is 0 Å². The molecule has 18 heavy (non-hydrogen) atoms. The smallest absolute Gasteiger partial charge is 0.224 e. The van der Waals surface area contributed by atoms with Crippen LogP contribution in [-0.4, -0.2) is 26.2 Å². The van der Waals surface area contributed by atoms with Crippen molar-refractivity contribution in [3.05, 3.63) is 24.3 Å². The summed E-state index contributed by atoms with van der Waals surface area (Å²) in [7, 11) is 1.64. The third-order valence-electron chi connectivity index (χ3n) is 2.29. The van der Waals surface area contributed by atoms with E-state index in [2.05, 4.69) is 5.32 Å². The van der Waals surface area contributed by atoms with Crippen molar-refractivity contribution in [3.63, 3.8) is 0 Å². The van der Waals surface area contributed by atoms with Crippen LogP contribution < -0.4 is 10.1 Å². The first-order chi connectivity index (χ1) is 8.61. The lowest BCUT2D eigenvalue weighted by Crippen LogP contribution is -2.13. The van der Waals surface area contributed by atoms with Gasteiger partial charge in [-0.25, -0.2) is 0 Å². The van der Waals surface area contributed by atoms with Crippen LogP contribution in [0.3, 0.4) is 0 Å². The van der Waals surface area contributed by atoms with Gasteiger partial charge in [-0.2, -0.15) is 0 Å². The molecule has 0 heterocycles. The Morgan fingerprint density at radius 1 is 1.22 bits per heavy atom. The Kier molecular flexibility index (Phi) is 6.22. The molecule has 1 N–H and O–H groups in total. The summed E-state index contributed by atoms with van der Waals surface area (Å²) < 4.78 is 10.3. The van der Waals surface area contributed by atoms with Gasteiger partial charge < -0.3 is 14.8 Å². The van der Waals surface area contributed by atoms with E-state index in [-0.39, 0.29) is 5.91 Å². The number of hydrogen-bond donors (Lipinski definition) is 1. The van der Waals surface area contributed by atoms with E-state index in [1.54, 1.807) is 7.11 Å². The summed E-state index contributed by atoms with van der Waals surface area (Å²) in [5, 5.41) is 2.85. The molecule has 0 unspecified atom stereocenters. The van der Waals surface area contributed by atoms with Gasteiger partial charge in [0.2, 0.25) is 5.91 Å². The van der Waals surface area contributed by atoms with E-state index < -0.39 is 0 Å². The summed E-state index contributed by atoms with van der Waals surface area (Å²) >= 11 is 0. The average Bonchev–Trinajstić information content (AvgIpc) is 2.30. The Hall–Kier alpha value is -1.55. The Morgan fingerprint density at radius 2 is 1.89 bits per heavy atom. The second kappa shape index (κ2) is 7.71. The van der Waals surface area contributed by atoms with Crippen LogP contribution in [0.4, 0.5) is 5.69 Å². The van der Waals surface area contributed by atoms with Crippen molar-refractivity contribution in [1.82, 2.24) is 0 Å². The molecule has 1 amide bonds. The maximum absolute atomic E-state index is 11.6. The van der Waals surface area contributed by atoms with E-state index in [9.17, 15) is 4.79 Å². The molecule has 0 atom stereocenters. The van der Waals surface area contributed by atoms with Crippen molar-refractivity contribution in [2.45, 2.75) is 20.3 Å². The molecule has 0 radical (unpaired) electrons. The Balaban J connectivity index is 2.42. The summed E-state index contributed by atoms with van der Waals surface area (Å²) in [6, 6.07) is 7.34. The number of amides is 1. The van der Waals surface area contributed by atoms with Crippen molar-refractivity contribution in [3.8, 4) is 5.75 Å². The zero-order valence-corrected chi connectivity index (χ0v) is 11.2. The fraction of sp³-hybridized carbons (Fsp3) is 0.500. The molecule has 0 aliphatic carbocycles. The largest absolute Gasteiger partial charge is 0.491 e. The predicted molar refractivity (Wildman–Crippen MR) is 71.9 cm³/mol. The van der Waals surface area contributed by atoms with Gasteiger partial charge in [-0.05, 0) is 30.2 Å². The third kappa shape index (κ3) is 5.68. The Labute approximate surface area is 108 Å². The van der Waals surface area contributed by atoms with Crippen molar-refractivity contribution >= 4 is 11.6 Å². The minimum Gasteiger partial charge on any atom is -0.491 e. The van der Waals surface area contributed by atoms with Crippen LogP contribution in [0.5, 0.6) is 5.75 Å². The molecular weight excluding hydrogens is 230 g/mol. The maximum atomic E-state index is 11.6. The molecule has 4 heteroatoms. The summed E-state index contributed by atoms with van der Waals surface area (Å²) in [5.41, 5.74) is 0.791. The molecule has 4 nitrogen and oxygen atoms in total. The fourth-order valence-corrected chi connectivity index (χ4v) is 1.46. The number of anilines is 1. The number of rotatable bonds is 7. The van der Waals surface area contributed by atoms with Gasteiger partial charge in [0.05, 0.1) is 6.61 Å². The SMILES string of the molecule is COCCOc1ccc(NC(=O)CC(C)C)cc1. The van der Waals surface area contributed by atoms with Crippen LogP contribution in [0.1, 0.15) is 20.3 Å². The Bertz CT molecular complexity index is 360. The van der Waals surface area contributed by atoms with Crippen LogP contribution in [0, 0.1) is 5.92 Å². The van der Waals surface area contributed by atoms with Gasteiger partial charge in [-0.3, -0.25) is 4.79 Å². The van der Waals surface area contributed by atoms with E-state index in [0.29, 0.717) is 25.6 Å². The molecule has 0 saturated carbocycles. The molecule has 0 saturated heterocycles. The summed E-state index contributed by atoms with van der Waals surface area (Å²) in [6.07, 6.45) is 0.534. The molecule has 0 bridgehead atoms. The first-order valence-corrected chi connectivity index (χ1v) is 6.13. The predicted octanol–water partition coefficient (Wildman–Crippen LogP) is 2.70. The molecule has 1 aromatic rings. The fourth-order valence-electron chi connectivity index (χ4n) is 1.46. The maximum Gasteiger partial charge on any atom is 0.224 e. The average molecular weight is 251 g/mol. The van der Waals surface area contributed by atoms with Crippen LogP contribution in [0.15, 0.2) is 24.3 Å². The summed E-state index contributed by atoms with van der Waals surface area (Å²) in [6.45, 7) is 5.13. The standard InChI is InChI=1S/C14H21NO3/c1-11(2)10-14(16)15-12-4-6-13(7-5-12)18-9-8-17-3/h4-7,11H,8-10H2,1-3H3,(H,15,16). The number of hydrogen-bond acceptors (Lipinski definition) is 3. The van der Waals surface area contributed by atoms with Gasteiger partial charge in [-0.1, -0.05) is 13.8 Å². The molecular formula is C14H21NO3. The highest BCUT2D eigenvalue weighted by atomic mass is 16.5. The van der Waals surface area contributed by atoms with Crippen molar-refractivity contribution < 1.29 is 14.3 Å². The van der Waals surface area contributed by atoms with Crippen LogP contribution in [-0.2, 0) is 9.53 Å². The molecule has 0 aliphatic heterocycles. The molecule has 0 aromatic heterocycles. The number of benzene rings is 1. The van der Waals surface area contributed by atoms with E-state index in [1.165, 1.54) is 0 Å². The topological polar surface area (TPSA) is 47.6 Å². The molecule has 0 fully saturated rings. The first-order valence-electron chi connectivity index (χ1n) is 6.13. The van der Waals surface area contributed by atoms with Crippen molar-refractivity contribution in [1.29, 1.82) is 0 Å². The number of methoxy groups -OCH3 is 1. The van der Waals surface area contributed by atoms with Gasteiger partial charge in [0, 0.05) is 19.2 Å². The molecule has 0 aliphatic rings. The zero-order chi connectivity index (χ0) is 13.4. The lowest BCUT2D eigenvalue weighted by atomic mass is 10.1. The number of nitrogens with one attached hydrogen (secondary N) is 1. The quantitative estimate of drug-likeness (QED) is 0.758. The number of ether oxygens (including phenoxy) is 2. The highest BCUT2D eigenvalue weighted by Gasteiger charge is 2.05. The lowest BCUT2D eigenvalue weighted by molar-refractivity contribution is -0.116. The van der Waals surface area contributed by atoms with E-state index in [1.807, 2.05) is 38.1 Å². The first kappa shape index (κ1) is 14.5. The molecule has 0 spiro atoms. The second-order valence-electron chi connectivity index (χ2n) is 4.51. The highest BCUT2D eigenvalue weighted by Crippen LogP contribution is 2.16. The van der Waals surface area contributed by atoms with Gasteiger partial charge in [0.25, 0.3) is 0 Å². The van der Waals surface area contributed by atoms with Crippen LogP contribution in [0.2, 0.25) is 0 Å². The van der Waals surface area contributed by atoms with Crippen molar-refractivity contribution in [2.24, 2.45) is 5.92 Å². The Morgan fingerprint density at radius 3 is 2.44 bits per heavy atom. The van der Waals surface area contributed by atoms with E-state index in [0.717, 1.165) is 11.4 Å². The van der Waals surface area contributed by atoms with E-state index in [4.69, 9.17) is 9.47 Å². The second-order valence-corrected chi connectivity index (χ2v) is 4.51. The van der Waals surface area contributed by atoms with Gasteiger partial charge >= 0.3 is 0 Å². The molecule has 100 valence electrons. The molecule has 1 aromatic carbocycles. The van der Waals surface area contributed by atoms with Gasteiger partial charge in [0.15, 0.2) is 0 Å². The van der Waals surface area contributed by atoms with Gasteiger partial charge in [0.1, 0.15) is 12.4 Å². The highest BCUT2D eigenvalue weighted by molar-refractivity contribution is 5.90. The summed E-state index contributed by atoms with van der Waals surface area (Å²) in [4.78, 5) is 11.6. The minimum atomic E-state index is 0.0399. The minimum absolute atomic E-state index is 0.0399. The lowest BCUT2D eigenvalue weighted by Gasteiger charge is -2.09. The van der Waals surface area contributed by atoms with Crippen LogP contribution >= 0.6 is 0 Å². The number of carbonyl (C=O) groups is 1. The number of carbonyl (C=O) groups excluding carboxylic acids is 1. The van der Waals surface area contributed by atoms with Crippen LogP contribution in [0.25, 0.3) is 0 Å². The zero-order valence-electron chi connectivity index (χ0n) is 11.2. The van der Waals surface area contributed by atoms with Crippen molar-refractivity contribution in [2.75, 3.05) is 25.6 Å².